The molecule has 0 aliphatic carbocycles. The molecule has 0 amide bonds. The molecule has 3 nitrogen and oxygen atoms in total. The van der Waals surface area contributed by atoms with Gasteiger partial charge >= 0.3 is 0 Å². The van der Waals surface area contributed by atoms with Gasteiger partial charge in [-0.1, -0.05) is 45.4 Å². The van der Waals surface area contributed by atoms with Crippen molar-refractivity contribution in [3.8, 4) is 0 Å². The minimum atomic E-state index is 0.262. The third-order valence-corrected chi connectivity index (χ3v) is 3.37. The zero-order valence-electron chi connectivity index (χ0n) is 11.8. The standard InChI is InChI=1S/C15H27N3/c1-3-4-5-6-7-8-9-15(18-16)14-10-11-17-13(2)12-14/h10-12,15,18H,3-9,16H2,1-2H3. The van der Waals surface area contributed by atoms with Gasteiger partial charge in [-0.25, -0.2) is 0 Å². The van der Waals surface area contributed by atoms with Gasteiger partial charge in [-0.15, -0.1) is 0 Å². The first-order valence-electron chi connectivity index (χ1n) is 7.16. The molecule has 3 heteroatoms. The molecule has 0 spiro atoms. The van der Waals surface area contributed by atoms with E-state index in [1.807, 2.05) is 13.1 Å². The molecule has 18 heavy (non-hydrogen) atoms. The smallest absolute Gasteiger partial charge is 0.0461 e. The van der Waals surface area contributed by atoms with Crippen molar-refractivity contribution in [1.82, 2.24) is 10.4 Å². The summed E-state index contributed by atoms with van der Waals surface area (Å²) in [7, 11) is 0. The summed E-state index contributed by atoms with van der Waals surface area (Å²) < 4.78 is 0. The van der Waals surface area contributed by atoms with E-state index in [0.717, 1.165) is 12.1 Å². The second-order valence-electron chi connectivity index (χ2n) is 5.01. The van der Waals surface area contributed by atoms with Gasteiger partial charge in [-0.05, 0) is 31.0 Å². The maximum atomic E-state index is 5.65. The van der Waals surface area contributed by atoms with E-state index < -0.39 is 0 Å². The Morgan fingerprint density at radius 1 is 1.22 bits per heavy atom. The number of hydrogen-bond donors (Lipinski definition) is 2. The topological polar surface area (TPSA) is 50.9 Å². The van der Waals surface area contributed by atoms with Crippen LogP contribution in [0.2, 0.25) is 0 Å². The zero-order chi connectivity index (χ0) is 13.2. The number of nitrogens with one attached hydrogen (secondary N) is 1. The highest BCUT2D eigenvalue weighted by molar-refractivity contribution is 5.19. The van der Waals surface area contributed by atoms with E-state index in [4.69, 9.17) is 5.84 Å². The number of hydrazine groups is 1. The molecule has 0 saturated heterocycles. The Hall–Kier alpha value is -0.930. The lowest BCUT2D eigenvalue weighted by atomic mass is 10.0. The van der Waals surface area contributed by atoms with Crippen molar-refractivity contribution in [3.05, 3.63) is 29.6 Å². The maximum Gasteiger partial charge on any atom is 0.0461 e. The predicted molar refractivity (Wildman–Crippen MR) is 77.0 cm³/mol. The first-order chi connectivity index (χ1) is 8.77. The molecule has 1 aromatic rings. The molecule has 1 heterocycles. The molecule has 102 valence electrons. The highest BCUT2D eigenvalue weighted by atomic mass is 15.2. The van der Waals surface area contributed by atoms with E-state index in [0.29, 0.717) is 0 Å². The highest BCUT2D eigenvalue weighted by Crippen LogP contribution is 2.19. The Kier molecular flexibility index (Phi) is 7.62. The number of aromatic nitrogens is 1. The Bertz CT molecular complexity index is 325. The van der Waals surface area contributed by atoms with Gasteiger partial charge in [0.05, 0.1) is 0 Å². The number of rotatable bonds is 9. The number of nitrogens with two attached hydrogens (primary N) is 1. The SMILES string of the molecule is CCCCCCCCC(NN)c1ccnc(C)c1. The van der Waals surface area contributed by atoms with E-state index in [-0.39, 0.29) is 6.04 Å². The van der Waals surface area contributed by atoms with Gasteiger partial charge in [-0.3, -0.25) is 16.3 Å². The van der Waals surface area contributed by atoms with E-state index in [2.05, 4.69) is 29.5 Å². The normalized spacial score (nSPS) is 12.6. The first kappa shape index (κ1) is 15.1. The largest absolute Gasteiger partial charge is 0.271 e. The summed E-state index contributed by atoms with van der Waals surface area (Å²) in [4.78, 5) is 4.22. The Balaban J connectivity index is 2.29. The van der Waals surface area contributed by atoms with Crippen LogP contribution in [-0.2, 0) is 0 Å². The maximum absolute atomic E-state index is 5.65. The molecule has 1 rings (SSSR count). The van der Waals surface area contributed by atoms with Gasteiger partial charge in [0, 0.05) is 17.9 Å². The fourth-order valence-corrected chi connectivity index (χ4v) is 2.26. The fourth-order valence-electron chi connectivity index (χ4n) is 2.26. The number of aryl methyl sites for hydroxylation is 1. The van der Waals surface area contributed by atoms with Crippen LogP contribution < -0.4 is 11.3 Å². The van der Waals surface area contributed by atoms with Crippen molar-refractivity contribution in [2.45, 2.75) is 64.8 Å². The molecule has 1 atom stereocenters. The molecule has 0 bridgehead atoms. The van der Waals surface area contributed by atoms with Crippen LogP contribution in [0.25, 0.3) is 0 Å². The van der Waals surface area contributed by atoms with Crippen LogP contribution in [0.15, 0.2) is 18.3 Å². The van der Waals surface area contributed by atoms with Crippen LogP contribution in [0.5, 0.6) is 0 Å². The average Bonchev–Trinajstić information content (AvgIpc) is 2.38. The van der Waals surface area contributed by atoms with E-state index in [1.54, 1.807) is 0 Å². The van der Waals surface area contributed by atoms with Gasteiger partial charge in [0.2, 0.25) is 0 Å². The van der Waals surface area contributed by atoms with Gasteiger partial charge in [0.15, 0.2) is 0 Å². The van der Waals surface area contributed by atoms with Crippen LogP contribution in [0.1, 0.15) is 69.2 Å². The molecule has 0 radical (unpaired) electrons. The Labute approximate surface area is 111 Å². The van der Waals surface area contributed by atoms with Crippen molar-refractivity contribution in [2.75, 3.05) is 0 Å². The summed E-state index contributed by atoms with van der Waals surface area (Å²) in [5.41, 5.74) is 5.22. The highest BCUT2D eigenvalue weighted by Gasteiger charge is 2.09. The summed E-state index contributed by atoms with van der Waals surface area (Å²) in [5.74, 6) is 5.65. The van der Waals surface area contributed by atoms with Gasteiger partial charge in [0.25, 0.3) is 0 Å². The fraction of sp³-hybridized carbons (Fsp3) is 0.667. The molecule has 0 saturated carbocycles. The van der Waals surface area contributed by atoms with Gasteiger partial charge in [-0.2, -0.15) is 0 Å². The van der Waals surface area contributed by atoms with Crippen LogP contribution in [-0.4, -0.2) is 4.98 Å². The van der Waals surface area contributed by atoms with Crippen LogP contribution in [0, 0.1) is 6.92 Å². The lowest BCUT2D eigenvalue weighted by Gasteiger charge is -2.16. The molecule has 1 unspecified atom stereocenters. The second kappa shape index (κ2) is 9.06. The van der Waals surface area contributed by atoms with Crippen molar-refractivity contribution >= 4 is 0 Å². The number of unbranched alkanes of at least 4 members (excludes halogenated alkanes) is 5. The number of hydrogen-bond acceptors (Lipinski definition) is 3. The van der Waals surface area contributed by atoms with Crippen LogP contribution >= 0.6 is 0 Å². The van der Waals surface area contributed by atoms with E-state index in [9.17, 15) is 0 Å². The van der Waals surface area contributed by atoms with E-state index in [1.165, 1.54) is 44.1 Å². The molecule has 0 aliphatic heterocycles. The quantitative estimate of drug-likeness (QED) is 0.399. The van der Waals surface area contributed by atoms with Crippen molar-refractivity contribution < 1.29 is 0 Å². The average molecular weight is 249 g/mol. The summed E-state index contributed by atoms with van der Waals surface area (Å²) in [5, 5.41) is 0. The van der Waals surface area contributed by atoms with Crippen LogP contribution in [0.3, 0.4) is 0 Å². The van der Waals surface area contributed by atoms with Crippen LogP contribution in [0.4, 0.5) is 0 Å². The monoisotopic (exact) mass is 249 g/mol. The molecule has 0 aromatic carbocycles. The number of nitrogens with zero attached hydrogens (tertiary/aromatic N) is 1. The molecule has 0 fully saturated rings. The van der Waals surface area contributed by atoms with E-state index >= 15 is 0 Å². The lowest BCUT2D eigenvalue weighted by Crippen LogP contribution is -2.28. The summed E-state index contributed by atoms with van der Waals surface area (Å²) in [6.45, 7) is 4.27. The van der Waals surface area contributed by atoms with Crippen molar-refractivity contribution in [1.29, 1.82) is 0 Å². The molecular formula is C15H27N3. The third-order valence-electron chi connectivity index (χ3n) is 3.37. The Morgan fingerprint density at radius 3 is 2.61 bits per heavy atom. The Morgan fingerprint density at radius 2 is 1.94 bits per heavy atom. The first-order valence-corrected chi connectivity index (χ1v) is 7.16. The van der Waals surface area contributed by atoms with Gasteiger partial charge in [0.1, 0.15) is 0 Å². The third kappa shape index (κ3) is 5.61. The molecule has 1 aromatic heterocycles. The minimum absolute atomic E-state index is 0.262. The second-order valence-corrected chi connectivity index (χ2v) is 5.01. The van der Waals surface area contributed by atoms with Crippen molar-refractivity contribution in [2.24, 2.45) is 5.84 Å². The lowest BCUT2D eigenvalue weighted by molar-refractivity contribution is 0.476. The predicted octanol–water partition coefficient (Wildman–Crippen LogP) is 3.65. The number of pyridine rings is 1. The summed E-state index contributed by atoms with van der Waals surface area (Å²) in [6, 6.07) is 4.42. The molecule has 3 N–H and O–H groups in total. The van der Waals surface area contributed by atoms with Crippen molar-refractivity contribution in [3.63, 3.8) is 0 Å². The summed E-state index contributed by atoms with van der Waals surface area (Å²) >= 11 is 0. The minimum Gasteiger partial charge on any atom is -0.271 e. The van der Waals surface area contributed by atoms with Gasteiger partial charge < -0.3 is 0 Å². The zero-order valence-corrected chi connectivity index (χ0v) is 11.8. The molecular weight excluding hydrogens is 222 g/mol. The summed E-state index contributed by atoms with van der Waals surface area (Å²) in [6.07, 6.45) is 10.9. The molecule has 0 aliphatic rings.